The topological polar surface area (TPSA) is 195 Å². The largest absolute Gasteiger partial charge is 0.480 e. The second kappa shape index (κ2) is 13.7. The van der Waals surface area contributed by atoms with E-state index in [0.717, 1.165) is 16.5 Å². The molecule has 0 radical (unpaired) electrons. The van der Waals surface area contributed by atoms with Crippen molar-refractivity contribution in [1.29, 1.82) is 0 Å². The second-order valence-electron chi connectivity index (χ2n) is 10.8. The maximum Gasteiger partial charge on any atom is 0.326 e. The summed E-state index contributed by atoms with van der Waals surface area (Å²) in [5.41, 5.74) is 8.15. The Balaban J connectivity index is 1.77. The van der Waals surface area contributed by atoms with Crippen molar-refractivity contribution in [2.75, 3.05) is 0 Å². The lowest BCUT2D eigenvalue weighted by Crippen LogP contribution is -2.59. The minimum atomic E-state index is -1.25. The first-order valence-corrected chi connectivity index (χ1v) is 13.4. The number of aromatic nitrogens is 3. The Kier molecular flexibility index (Phi) is 10.4. The highest BCUT2D eigenvalue weighted by molar-refractivity contribution is 5.94. The van der Waals surface area contributed by atoms with E-state index in [0.29, 0.717) is 12.1 Å². The van der Waals surface area contributed by atoms with Gasteiger partial charge in [0, 0.05) is 41.8 Å². The molecule has 2 aromatic heterocycles. The van der Waals surface area contributed by atoms with Crippen LogP contribution in [0.25, 0.3) is 10.9 Å². The number of aliphatic carboxylic acids is 1. The first-order chi connectivity index (χ1) is 19.0. The number of carbonyl (C=O) groups is 4. The van der Waals surface area contributed by atoms with Gasteiger partial charge in [0.1, 0.15) is 18.1 Å². The molecular weight excluding hydrogens is 514 g/mol. The highest BCUT2D eigenvalue weighted by atomic mass is 16.4. The molecule has 4 atom stereocenters. The quantitative estimate of drug-likeness (QED) is 0.156. The van der Waals surface area contributed by atoms with Gasteiger partial charge >= 0.3 is 5.97 Å². The Morgan fingerprint density at radius 3 is 2.25 bits per heavy atom. The van der Waals surface area contributed by atoms with Gasteiger partial charge in [0.05, 0.1) is 12.4 Å². The van der Waals surface area contributed by atoms with Crippen molar-refractivity contribution < 1.29 is 24.3 Å². The molecular formula is C28H39N7O5. The summed E-state index contributed by atoms with van der Waals surface area (Å²) in [4.78, 5) is 61.5. The van der Waals surface area contributed by atoms with Crippen LogP contribution in [-0.4, -0.2) is 67.9 Å². The third-order valence-corrected chi connectivity index (χ3v) is 6.63. The molecule has 2 heterocycles. The van der Waals surface area contributed by atoms with Crippen LogP contribution in [0.2, 0.25) is 0 Å². The van der Waals surface area contributed by atoms with Crippen LogP contribution in [-0.2, 0) is 32.0 Å². The summed E-state index contributed by atoms with van der Waals surface area (Å²) in [6.45, 7) is 7.43. The van der Waals surface area contributed by atoms with Crippen LogP contribution >= 0.6 is 0 Å². The van der Waals surface area contributed by atoms with Gasteiger partial charge in [-0.3, -0.25) is 14.4 Å². The molecule has 0 spiro atoms. The predicted octanol–water partition coefficient (Wildman–Crippen LogP) is 1.24. The molecule has 3 amide bonds. The van der Waals surface area contributed by atoms with Crippen molar-refractivity contribution in [3.8, 4) is 0 Å². The van der Waals surface area contributed by atoms with Crippen molar-refractivity contribution in [2.24, 2.45) is 17.6 Å². The molecule has 12 heteroatoms. The minimum absolute atomic E-state index is 0.0304. The molecule has 216 valence electrons. The van der Waals surface area contributed by atoms with E-state index in [4.69, 9.17) is 5.73 Å². The molecule has 12 nitrogen and oxygen atoms in total. The molecule has 0 aliphatic rings. The summed E-state index contributed by atoms with van der Waals surface area (Å²) in [7, 11) is 0. The molecule has 0 bridgehead atoms. The maximum atomic E-state index is 13.4. The van der Waals surface area contributed by atoms with Crippen LogP contribution in [0.3, 0.4) is 0 Å². The van der Waals surface area contributed by atoms with Gasteiger partial charge in [-0.15, -0.1) is 0 Å². The van der Waals surface area contributed by atoms with Crippen molar-refractivity contribution in [3.05, 3.63) is 54.2 Å². The molecule has 0 saturated carbocycles. The SMILES string of the molecule is CC(C)CC(N)C(=O)NC(C(=O)NC(Cc1cnc[nH]1)C(=O)NC(Cc1c[nH]c2ccccc12)C(=O)O)C(C)C. The number of para-hydroxylation sites is 1. The number of H-pyrrole nitrogens is 2. The Labute approximate surface area is 232 Å². The molecule has 8 N–H and O–H groups in total. The van der Waals surface area contributed by atoms with Gasteiger partial charge in [-0.2, -0.15) is 0 Å². The Hall–Kier alpha value is -4.19. The van der Waals surface area contributed by atoms with Crippen LogP contribution in [0.4, 0.5) is 0 Å². The zero-order chi connectivity index (χ0) is 29.4. The lowest BCUT2D eigenvalue weighted by Gasteiger charge is -2.27. The maximum absolute atomic E-state index is 13.4. The number of nitrogens with one attached hydrogen (secondary N) is 5. The highest BCUT2D eigenvalue weighted by Gasteiger charge is 2.32. The number of carboxylic acid groups (broad SMARTS) is 1. The van der Waals surface area contributed by atoms with Gasteiger partial charge < -0.3 is 36.8 Å². The molecule has 0 aliphatic carbocycles. The number of fused-ring (bicyclic) bond motifs is 1. The highest BCUT2D eigenvalue weighted by Crippen LogP contribution is 2.19. The summed E-state index contributed by atoms with van der Waals surface area (Å²) >= 11 is 0. The standard InChI is InChI=1S/C28H39N7O5/c1-15(2)9-20(29)25(36)35-24(16(3)4)27(38)33-22(11-18-13-30-14-32-18)26(37)34-23(28(39)40)10-17-12-31-21-8-6-5-7-19(17)21/h5-8,12-16,20,22-24,31H,9-11,29H2,1-4H3,(H,30,32)(H,33,38)(H,34,37)(H,35,36)(H,39,40). The predicted molar refractivity (Wildman–Crippen MR) is 150 cm³/mol. The zero-order valence-corrected chi connectivity index (χ0v) is 23.2. The molecule has 3 aromatic rings. The molecule has 0 fully saturated rings. The molecule has 1 aromatic carbocycles. The number of benzene rings is 1. The van der Waals surface area contributed by atoms with E-state index in [-0.39, 0.29) is 24.7 Å². The molecule has 3 rings (SSSR count). The van der Waals surface area contributed by atoms with E-state index in [1.54, 1.807) is 20.0 Å². The van der Waals surface area contributed by atoms with Crippen molar-refractivity contribution in [2.45, 2.75) is 71.1 Å². The van der Waals surface area contributed by atoms with E-state index in [9.17, 15) is 24.3 Å². The van der Waals surface area contributed by atoms with Crippen molar-refractivity contribution in [1.82, 2.24) is 30.9 Å². The summed E-state index contributed by atoms with van der Waals surface area (Å²) < 4.78 is 0. The summed E-state index contributed by atoms with van der Waals surface area (Å²) in [5.74, 6) is -3.04. The van der Waals surface area contributed by atoms with Gasteiger partial charge in [0.2, 0.25) is 17.7 Å². The number of amides is 3. The third kappa shape index (κ3) is 8.15. The molecule has 40 heavy (non-hydrogen) atoms. The molecule has 4 unspecified atom stereocenters. The van der Waals surface area contributed by atoms with E-state index >= 15 is 0 Å². The second-order valence-corrected chi connectivity index (χ2v) is 10.8. The average Bonchev–Trinajstić information content (AvgIpc) is 3.55. The fraction of sp³-hybridized carbons (Fsp3) is 0.464. The summed E-state index contributed by atoms with van der Waals surface area (Å²) in [5, 5.41) is 18.7. The van der Waals surface area contributed by atoms with Crippen LogP contribution in [0.5, 0.6) is 0 Å². The van der Waals surface area contributed by atoms with Gasteiger partial charge in [0.15, 0.2) is 0 Å². The average molecular weight is 554 g/mol. The van der Waals surface area contributed by atoms with Gasteiger partial charge in [-0.25, -0.2) is 9.78 Å². The third-order valence-electron chi connectivity index (χ3n) is 6.63. The number of carbonyl (C=O) groups excluding carboxylic acids is 3. The number of imidazole rings is 1. The number of carboxylic acids is 1. The lowest BCUT2D eigenvalue weighted by molar-refractivity contribution is -0.142. The van der Waals surface area contributed by atoms with E-state index < -0.39 is 47.9 Å². The van der Waals surface area contributed by atoms with Crippen LogP contribution in [0.1, 0.15) is 45.4 Å². The number of aromatic amines is 2. The van der Waals surface area contributed by atoms with Gasteiger partial charge in [-0.1, -0.05) is 45.9 Å². The first-order valence-electron chi connectivity index (χ1n) is 13.4. The number of nitrogens with zero attached hydrogens (tertiary/aromatic N) is 1. The van der Waals surface area contributed by atoms with Crippen LogP contribution in [0, 0.1) is 11.8 Å². The summed E-state index contributed by atoms with van der Waals surface area (Å²) in [6, 6.07) is 3.35. The smallest absolute Gasteiger partial charge is 0.326 e. The zero-order valence-electron chi connectivity index (χ0n) is 23.2. The molecule has 0 aliphatic heterocycles. The Morgan fingerprint density at radius 1 is 0.925 bits per heavy atom. The van der Waals surface area contributed by atoms with Crippen molar-refractivity contribution >= 4 is 34.6 Å². The Bertz CT molecular complexity index is 1300. The number of hydrogen-bond donors (Lipinski definition) is 7. The monoisotopic (exact) mass is 553 g/mol. The van der Waals surface area contributed by atoms with Crippen molar-refractivity contribution in [3.63, 3.8) is 0 Å². The molecule has 0 saturated heterocycles. The van der Waals surface area contributed by atoms with Crippen LogP contribution in [0.15, 0.2) is 43.0 Å². The van der Waals surface area contributed by atoms with Crippen LogP contribution < -0.4 is 21.7 Å². The number of nitrogens with two attached hydrogens (primary N) is 1. The number of rotatable bonds is 14. The van der Waals surface area contributed by atoms with Gasteiger partial charge in [0.25, 0.3) is 0 Å². The van der Waals surface area contributed by atoms with E-state index in [1.807, 2.05) is 38.1 Å². The minimum Gasteiger partial charge on any atom is -0.480 e. The normalized spacial score (nSPS) is 14.5. The summed E-state index contributed by atoms with van der Waals surface area (Å²) in [6.07, 6.45) is 5.19. The lowest BCUT2D eigenvalue weighted by atomic mass is 9.99. The van der Waals surface area contributed by atoms with E-state index in [1.165, 1.54) is 12.5 Å². The van der Waals surface area contributed by atoms with Gasteiger partial charge in [-0.05, 0) is 29.9 Å². The van der Waals surface area contributed by atoms with E-state index in [2.05, 4.69) is 30.9 Å². The first kappa shape index (κ1) is 30.4. The fourth-order valence-corrected chi connectivity index (χ4v) is 4.49. The number of hydrogen-bond acceptors (Lipinski definition) is 6. The fourth-order valence-electron chi connectivity index (χ4n) is 4.49. The Morgan fingerprint density at radius 2 is 1.62 bits per heavy atom.